The zero-order chi connectivity index (χ0) is 10.7. The normalized spacial score (nSPS) is 12.1. The lowest BCUT2D eigenvalue weighted by molar-refractivity contribution is 0.0693. The Bertz CT molecular complexity index is 386. The molecule has 0 heterocycles. The van der Waals surface area contributed by atoms with Gasteiger partial charge in [-0.1, -0.05) is 0 Å². The number of benzene rings is 1. The highest BCUT2D eigenvalue weighted by Crippen LogP contribution is 2.21. The Hall–Kier alpha value is -1.36. The van der Waals surface area contributed by atoms with E-state index in [4.69, 9.17) is 9.84 Å². The maximum atomic E-state index is 11.1. The summed E-state index contributed by atoms with van der Waals surface area (Å²) in [5, 5.41) is 8.82. The van der Waals surface area contributed by atoms with E-state index >= 15 is 0 Å². The highest BCUT2D eigenvalue weighted by atomic mass is 32.2. The summed E-state index contributed by atoms with van der Waals surface area (Å²) in [5.74, 6) is -0.819. The summed E-state index contributed by atoms with van der Waals surface area (Å²) in [4.78, 5) is 11.3. The van der Waals surface area contributed by atoms with Crippen molar-refractivity contribution in [1.29, 1.82) is 0 Å². The quantitative estimate of drug-likeness (QED) is 0.819. The van der Waals surface area contributed by atoms with Gasteiger partial charge in [0.2, 0.25) is 0 Å². The minimum atomic E-state index is -1.18. The molecule has 0 saturated carbocycles. The van der Waals surface area contributed by atoms with Crippen LogP contribution < -0.4 is 4.74 Å². The van der Waals surface area contributed by atoms with Crippen molar-refractivity contribution in [2.75, 3.05) is 13.4 Å². The molecular formula is C9H10O4S. The van der Waals surface area contributed by atoms with Crippen LogP contribution in [0.2, 0.25) is 0 Å². The van der Waals surface area contributed by atoms with E-state index in [-0.39, 0.29) is 11.3 Å². The van der Waals surface area contributed by atoms with Crippen LogP contribution in [0.3, 0.4) is 0 Å². The van der Waals surface area contributed by atoms with E-state index in [0.717, 1.165) is 0 Å². The maximum Gasteiger partial charge on any atom is 0.339 e. The molecule has 0 bridgehead atoms. The van der Waals surface area contributed by atoms with Crippen molar-refractivity contribution in [2.45, 2.75) is 4.90 Å². The van der Waals surface area contributed by atoms with Crippen molar-refractivity contribution in [2.24, 2.45) is 0 Å². The van der Waals surface area contributed by atoms with Gasteiger partial charge in [-0.25, -0.2) is 4.79 Å². The zero-order valence-corrected chi connectivity index (χ0v) is 8.63. The number of aromatic carboxylic acids is 1. The fourth-order valence-electron chi connectivity index (χ4n) is 1.03. The lowest BCUT2D eigenvalue weighted by atomic mass is 10.2. The predicted molar refractivity (Wildman–Crippen MR) is 52.3 cm³/mol. The third-order valence-electron chi connectivity index (χ3n) is 1.73. The molecule has 0 aliphatic rings. The van der Waals surface area contributed by atoms with Crippen LogP contribution >= 0.6 is 0 Å². The van der Waals surface area contributed by atoms with Crippen molar-refractivity contribution in [3.63, 3.8) is 0 Å². The van der Waals surface area contributed by atoms with E-state index in [9.17, 15) is 9.00 Å². The molecule has 0 unspecified atom stereocenters. The molecule has 5 heteroatoms. The van der Waals surface area contributed by atoms with Crippen LogP contribution in [-0.4, -0.2) is 28.7 Å². The van der Waals surface area contributed by atoms with Gasteiger partial charge in [-0.15, -0.1) is 0 Å². The average Bonchev–Trinajstić information content (AvgIpc) is 2.16. The van der Waals surface area contributed by atoms with Crippen LogP contribution in [0.15, 0.2) is 23.1 Å². The van der Waals surface area contributed by atoms with Gasteiger partial charge in [0.05, 0.1) is 7.11 Å². The molecule has 1 atom stereocenters. The molecule has 0 aliphatic heterocycles. The van der Waals surface area contributed by atoms with E-state index < -0.39 is 16.8 Å². The summed E-state index contributed by atoms with van der Waals surface area (Å²) >= 11 is 0. The molecule has 1 aromatic rings. The summed E-state index contributed by atoms with van der Waals surface area (Å²) < 4.78 is 16.0. The molecule has 4 nitrogen and oxygen atoms in total. The van der Waals surface area contributed by atoms with Crippen LogP contribution in [0.1, 0.15) is 10.4 Å². The first kappa shape index (κ1) is 10.7. The first-order valence-electron chi connectivity index (χ1n) is 3.81. The molecule has 76 valence electrons. The summed E-state index contributed by atoms with van der Waals surface area (Å²) in [6.45, 7) is 0. The zero-order valence-electron chi connectivity index (χ0n) is 7.81. The summed E-state index contributed by atoms with van der Waals surface area (Å²) in [6.07, 6.45) is 1.49. The molecule has 0 radical (unpaired) electrons. The number of carbonyl (C=O) groups is 1. The van der Waals surface area contributed by atoms with Gasteiger partial charge in [0.15, 0.2) is 0 Å². The standard InChI is InChI=1S/C9H10O4S/c1-13-8-4-3-6(14(2)12)5-7(8)9(10)11/h3-5H,1-2H3,(H,10,11)/t14-/m1/s1. The van der Waals surface area contributed by atoms with Crippen molar-refractivity contribution >= 4 is 16.8 Å². The number of hydrogen-bond donors (Lipinski definition) is 1. The van der Waals surface area contributed by atoms with Gasteiger partial charge in [-0.3, -0.25) is 4.21 Å². The third-order valence-corrected chi connectivity index (χ3v) is 2.65. The Kier molecular flexibility index (Phi) is 3.24. The molecule has 0 saturated heterocycles. The minimum Gasteiger partial charge on any atom is -0.496 e. The number of carboxylic acid groups (broad SMARTS) is 1. The van der Waals surface area contributed by atoms with Gasteiger partial charge in [-0.2, -0.15) is 0 Å². The Balaban J connectivity index is 3.27. The monoisotopic (exact) mass is 214 g/mol. The maximum absolute atomic E-state index is 11.1. The van der Waals surface area contributed by atoms with Crippen LogP contribution in [0, 0.1) is 0 Å². The average molecular weight is 214 g/mol. The Morgan fingerprint density at radius 1 is 1.50 bits per heavy atom. The molecule has 0 amide bonds. The second-order valence-electron chi connectivity index (χ2n) is 2.62. The van der Waals surface area contributed by atoms with Gasteiger partial charge in [0, 0.05) is 22.0 Å². The highest BCUT2D eigenvalue weighted by molar-refractivity contribution is 7.84. The largest absolute Gasteiger partial charge is 0.496 e. The van der Waals surface area contributed by atoms with Gasteiger partial charge in [0.1, 0.15) is 11.3 Å². The second-order valence-corrected chi connectivity index (χ2v) is 4.00. The van der Waals surface area contributed by atoms with E-state index in [2.05, 4.69) is 0 Å². The number of carboxylic acids is 1. The molecular weight excluding hydrogens is 204 g/mol. The van der Waals surface area contributed by atoms with Gasteiger partial charge >= 0.3 is 5.97 Å². The van der Waals surface area contributed by atoms with Crippen LogP contribution in [0.4, 0.5) is 0 Å². The van der Waals surface area contributed by atoms with Crippen molar-refractivity contribution in [1.82, 2.24) is 0 Å². The smallest absolute Gasteiger partial charge is 0.339 e. The fraction of sp³-hybridized carbons (Fsp3) is 0.222. The summed E-state index contributed by atoms with van der Waals surface area (Å²) in [6, 6.07) is 4.44. The Morgan fingerprint density at radius 3 is 2.57 bits per heavy atom. The SMILES string of the molecule is COc1ccc([S@@](C)=O)cc1C(=O)O. The van der Waals surface area contributed by atoms with Crippen molar-refractivity contribution in [3.8, 4) is 5.75 Å². The molecule has 1 aromatic carbocycles. The fourth-order valence-corrected chi connectivity index (χ4v) is 1.58. The molecule has 0 aromatic heterocycles. The summed E-state index contributed by atoms with van der Waals surface area (Å²) in [7, 11) is 0.208. The van der Waals surface area contributed by atoms with Gasteiger partial charge < -0.3 is 9.84 Å². The number of rotatable bonds is 3. The topological polar surface area (TPSA) is 63.6 Å². The first-order chi connectivity index (χ1) is 6.56. The van der Waals surface area contributed by atoms with Crippen molar-refractivity contribution in [3.05, 3.63) is 23.8 Å². The Labute approximate surface area is 84.0 Å². The summed E-state index contributed by atoms with van der Waals surface area (Å²) in [5.41, 5.74) is 0.0280. The van der Waals surface area contributed by atoms with Crippen LogP contribution in [0.5, 0.6) is 5.75 Å². The third kappa shape index (κ3) is 2.11. The van der Waals surface area contributed by atoms with Crippen molar-refractivity contribution < 1.29 is 18.8 Å². The number of methoxy groups -OCH3 is 1. The number of ether oxygens (including phenoxy) is 1. The van der Waals surface area contributed by atoms with Crippen LogP contribution in [-0.2, 0) is 10.8 Å². The van der Waals surface area contributed by atoms with E-state index in [1.54, 1.807) is 6.07 Å². The molecule has 0 fully saturated rings. The molecule has 1 N–H and O–H groups in total. The van der Waals surface area contributed by atoms with Crippen LogP contribution in [0.25, 0.3) is 0 Å². The number of hydrogen-bond acceptors (Lipinski definition) is 3. The molecule has 14 heavy (non-hydrogen) atoms. The second kappa shape index (κ2) is 4.23. The highest BCUT2D eigenvalue weighted by Gasteiger charge is 2.12. The predicted octanol–water partition coefficient (Wildman–Crippen LogP) is 1.13. The Morgan fingerprint density at radius 2 is 2.14 bits per heavy atom. The lowest BCUT2D eigenvalue weighted by Crippen LogP contribution is -2.02. The molecule has 0 spiro atoms. The molecule has 0 aliphatic carbocycles. The molecule has 1 rings (SSSR count). The van der Waals surface area contributed by atoms with Gasteiger partial charge in [0.25, 0.3) is 0 Å². The van der Waals surface area contributed by atoms with E-state index in [1.807, 2.05) is 0 Å². The lowest BCUT2D eigenvalue weighted by Gasteiger charge is -2.05. The first-order valence-corrected chi connectivity index (χ1v) is 5.37. The van der Waals surface area contributed by atoms with E-state index in [0.29, 0.717) is 4.90 Å². The van der Waals surface area contributed by atoms with Gasteiger partial charge in [-0.05, 0) is 18.2 Å². The minimum absolute atomic E-state index is 0.0280. The van der Waals surface area contributed by atoms with E-state index in [1.165, 1.54) is 25.5 Å².